The van der Waals surface area contributed by atoms with Crippen LogP contribution >= 0.6 is 22.9 Å². The Labute approximate surface area is 164 Å². The van der Waals surface area contributed by atoms with Gasteiger partial charge in [0.2, 0.25) is 16.8 Å². The Hall–Kier alpha value is -2.90. The summed E-state index contributed by atoms with van der Waals surface area (Å²) in [6.07, 6.45) is 0.170. The predicted octanol–water partition coefficient (Wildman–Crippen LogP) is 4.52. The van der Waals surface area contributed by atoms with Crippen LogP contribution in [0.15, 0.2) is 60.0 Å². The number of hydrogen-bond donors (Lipinski definition) is 1. The Morgan fingerprint density at radius 3 is 2.74 bits per heavy atom. The maximum absolute atomic E-state index is 12.1. The van der Waals surface area contributed by atoms with Crippen LogP contribution in [0.3, 0.4) is 0 Å². The number of hydrogen-bond acceptors (Lipinski definition) is 5. The molecule has 0 saturated carbocycles. The number of fused-ring (bicyclic) bond motifs is 1. The van der Waals surface area contributed by atoms with Gasteiger partial charge in [0.1, 0.15) is 5.75 Å². The molecular weight excluding hydrogens is 384 g/mol. The highest BCUT2D eigenvalue weighted by Crippen LogP contribution is 2.26. The minimum Gasteiger partial charge on any atom is -0.491 e. The molecule has 8 heteroatoms. The van der Waals surface area contributed by atoms with Gasteiger partial charge in [-0.1, -0.05) is 54.1 Å². The largest absolute Gasteiger partial charge is 0.491 e. The second-order valence-corrected chi connectivity index (χ2v) is 6.94. The van der Waals surface area contributed by atoms with Gasteiger partial charge < -0.3 is 4.74 Å². The fourth-order valence-corrected chi connectivity index (χ4v) is 3.57. The topological polar surface area (TPSA) is 68.5 Å². The van der Waals surface area contributed by atoms with Crippen molar-refractivity contribution in [1.82, 2.24) is 14.6 Å². The summed E-state index contributed by atoms with van der Waals surface area (Å²) in [5.41, 5.74) is 1.98. The number of thiazole rings is 1. The third-order valence-electron chi connectivity index (χ3n) is 3.83. The summed E-state index contributed by atoms with van der Waals surface area (Å²) in [4.78, 5) is 17.2. The van der Waals surface area contributed by atoms with Crippen LogP contribution in [0.2, 0.25) is 5.02 Å². The van der Waals surface area contributed by atoms with Crippen molar-refractivity contribution < 1.29 is 9.53 Å². The summed E-state index contributed by atoms with van der Waals surface area (Å²) in [5.74, 6) is 0.614. The van der Waals surface area contributed by atoms with E-state index in [1.54, 1.807) is 16.6 Å². The van der Waals surface area contributed by atoms with Gasteiger partial charge in [0.15, 0.2) is 0 Å². The van der Waals surface area contributed by atoms with E-state index in [9.17, 15) is 4.79 Å². The van der Waals surface area contributed by atoms with Gasteiger partial charge in [-0.2, -0.15) is 4.98 Å². The maximum atomic E-state index is 12.1. The molecule has 1 N–H and O–H groups in total. The lowest BCUT2D eigenvalue weighted by atomic mass is 10.2. The first-order valence-corrected chi connectivity index (χ1v) is 9.53. The van der Waals surface area contributed by atoms with Gasteiger partial charge in [0.05, 0.1) is 23.7 Å². The summed E-state index contributed by atoms with van der Waals surface area (Å²) >= 11 is 7.49. The van der Waals surface area contributed by atoms with Crippen LogP contribution in [-0.2, 0) is 4.79 Å². The summed E-state index contributed by atoms with van der Waals surface area (Å²) in [6.45, 7) is 0.215. The number of nitrogens with zero attached hydrogens (tertiary/aromatic N) is 3. The summed E-state index contributed by atoms with van der Waals surface area (Å²) < 4.78 is 7.26. The van der Waals surface area contributed by atoms with Crippen LogP contribution in [0.25, 0.3) is 16.2 Å². The van der Waals surface area contributed by atoms with Crippen LogP contribution < -0.4 is 10.1 Å². The molecule has 0 spiro atoms. The zero-order valence-corrected chi connectivity index (χ0v) is 15.7. The molecule has 0 unspecified atom stereocenters. The number of halogens is 1. The van der Waals surface area contributed by atoms with Gasteiger partial charge in [-0.15, -0.1) is 16.4 Å². The number of carbonyl (C=O) groups is 1. The van der Waals surface area contributed by atoms with E-state index in [2.05, 4.69) is 15.4 Å². The molecule has 0 bridgehead atoms. The van der Waals surface area contributed by atoms with Crippen LogP contribution in [0.5, 0.6) is 5.75 Å². The number of aromatic nitrogens is 3. The van der Waals surface area contributed by atoms with Crippen molar-refractivity contribution in [2.45, 2.75) is 6.42 Å². The second-order valence-electron chi connectivity index (χ2n) is 5.69. The van der Waals surface area contributed by atoms with Gasteiger partial charge in [0.25, 0.3) is 0 Å². The number of ether oxygens (including phenoxy) is 1. The Kier molecular flexibility index (Phi) is 5.04. The van der Waals surface area contributed by atoms with Crippen LogP contribution in [-0.4, -0.2) is 27.1 Å². The number of para-hydroxylation sites is 1. The summed E-state index contributed by atoms with van der Waals surface area (Å²) in [5, 5.41) is 9.61. The number of nitrogens with one attached hydrogen (secondary N) is 1. The third-order valence-corrected chi connectivity index (χ3v) is 4.95. The molecule has 6 nitrogen and oxygen atoms in total. The second kappa shape index (κ2) is 7.77. The smallest absolute Gasteiger partial charge is 0.250 e. The molecule has 0 aliphatic carbocycles. The Morgan fingerprint density at radius 2 is 1.93 bits per heavy atom. The van der Waals surface area contributed by atoms with Crippen molar-refractivity contribution in [1.29, 1.82) is 0 Å². The molecule has 0 aliphatic heterocycles. The molecule has 2 aromatic carbocycles. The first-order chi connectivity index (χ1) is 13.2. The van der Waals surface area contributed by atoms with Crippen molar-refractivity contribution in [3.63, 3.8) is 0 Å². The quantitative estimate of drug-likeness (QED) is 0.518. The molecule has 4 rings (SSSR count). The maximum Gasteiger partial charge on any atom is 0.250 e. The third kappa shape index (κ3) is 3.94. The molecule has 136 valence electrons. The molecule has 0 fully saturated rings. The molecule has 0 radical (unpaired) electrons. The van der Waals surface area contributed by atoms with Crippen molar-refractivity contribution in [2.75, 3.05) is 11.9 Å². The highest BCUT2D eigenvalue weighted by atomic mass is 35.5. The Morgan fingerprint density at radius 1 is 1.15 bits per heavy atom. The molecule has 4 aromatic rings. The van der Waals surface area contributed by atoms with Crippen molar-refractivity contribution >= 4 is 39.8 Å². The van der Waals surface area contributed by atoms with E-state index in [-0.39, 0.29) is 24.9 Å². The molecular formula is C19H15ClN4O2S. The number of carbonyl (C=O) groups excluding carboxylic acids is 1. The van der Waals surface area contributed by atoms with Gasteiger partial charge >= 0.3 is 0 Å². The van der Waals surface area contributed by atoms with E-state index >= 15 is 0 Å². The number of anilines is 1. The van der Waals surface area contributed by atoms with Crippen LogP contribution in [0.1, 0.15) is 6.42 Å². The van der Waals surface area contributed by atoms with Crippen molar-refractivity contribution in [3.8, 4) is 17.0 Å². The average Bonchev–Trinajstić information content (AvgIpc) is 3.24. The van der Waals surface area contributed by atoms with Crippen molar-refractivity contribution in [2.24, 2.45) is 0 Å². The van der Waals surface area contributed by atoms with Gasteiger partial charge in [-0.3, -0.25) is 10.1 Å². The summed E-state index contributed by atoms with van der Waals surface area (Å²) in [6, 6.07) is 17.1. The molecule has 1 amide bonds. The van der Waals surface area contributed by atoms with E-state index in [4.69, 9.17) is 16.3 Å². The minimum absolute atomic E-state index is 0.170. The lowest BCUT2D eigenvalue weighted by molar-refractivity contribution is -0.116. The van der Waals surface area contributed by atoms with Crippen LogP contribution in [0.4, 0.5) is 5.95 Å². The number of amides is 1. The first kappa shape index (κ1) is 17.5. The normalized spacial score (nSPS) is 10.9. The first-order valence-electron chi connectivity index (χ1n) is 8.27. The fraction of sp³-hybridized carbons (Fsp3) is 0.105. The standard InChI is InChI=1S/C19H15ClN4O2S/c20-14-8-4-5-9-16(14)26-11-10-17(25)21-18-22-19-24(23-18)15(12-27-19)13-6-2-1-3-7-13/h1-9,12H,10-11H2,(H,21,23,25). The predicted molar refractivity (Wildman–Crippen MR) is 106 cm³/mol. The van der Waals surface area contributed by atoms with Crippen LogP contribution in [0, 0.1) is 0 Å². The lowest BCUT2D eigenvalue weighted by Gasteiger charge is -2.07. The summed E-state index contributed by atoms with van der Waals surface area (Å²) in [7, 11) is 0. The molecule has 2 aromatic heterocycles. The average molecular weight is 399 g/mol. The molecule has 0 saturated heterocycles. The van der Waals surface area contributed by atoms with E-state index in [1.807, 2.05) is 47.8 Å². The molecule has 0 aliphatic rings. The zero-order chi connectivity index (χ0) is 18.6. The van der Waals surface area contributed by atoms with Gasteiger partial charge in [-0.05, 0) is 12.1 Å². The molecule has 0 atom stereocenters. The lowest BCUT2D eigenvalue weighted by Crippen LogP contribution is -2.16. The fourth-order valence-electron chi connectivity index (χ4n) is 2.54. The zero-order valence-electron chi connectivity index (χ0n) is 14.1. The highest BCUT2D eigenvalue weighted by Gasteiger charge is 2.13. The minimum atomic E-state index is -0.221. The Balaban J connectivity index is 1.39. The van der Waals surface area contributed by atoms with E-state index in [0.29, 0.717) is 10.8 Å². The highest BCUT2D eigenvalue weighted by molar-refractivity contribution is 7.15. The number of benzene rings is 2. The van der Waals surface area contributed by atoms with E-state index in [0.717, 1.165) is 16.2 Å². The molecule has 27 heavy (non-hydrogen) atoms. The number of rotatable bonds is 6. The SMILES string of the molecule is O=C(CCOc1ccccc1Cl)Nc1nc2scc(-c3ccccc3)n2n1. The van der Waals surface area contributed by atoms with Crippen molar-refractivity contribution in [3.05, 3.63) is 65.0 Å². The van der Waals surface area contributed by atoms with E-state index in [1.165, 1.54) is 11.3 Å². The molecule has 2 heterocycles. The van der Waals surface area contributed by atoms with Gasteiger partial charge in [-0.25, -0.2) is 4.52 Å². The Bertz CT molecular complexity index is 1080. The van der Waals surface area contributed by atoms with Gasteiger partial charge in [0, 0.05) is 10.9 Å². The van der Waals surface area contributed by atoms with E-state index < -0.39 is 0 Å². The monoisotopic (exact) mass is 398 g/mol.